The van der Waals surface area contributed by atoms with E-state index in [1.54, 1.807) is 12.3 Å². The average Bonchev–Trinajstić information content (AvgIpc) is 3.90. The zero-order chi connectivity index (χ0) is 36.6. The highest BCUT2D eigenvalue weighted by Gasteiger charge is 2.21. The molecule has 260 valence electrons. The van der Waals surface area contributed by atoms with Crippen molar-refractivity contribution >= 4 is 76.4 Å². The lowest BCUT2D eigenvalue weighted by molar-refractivity contribution is 0.473. The zero-order valence-electron chi connectivity index (χ0n) is 29.9. The lowest BCUT2D eigenvalue weighted by Gasteiger charge is -2.19. The zero-order valence-corrected chi connectivity index (χ0v) is 30.7. The van der Waals surface area contributed by atoms with Crippen molar-refractivity contribution in [2.24, 2.45) is 4.99 Å². The quantitative estimate of drug-likeness (QED) is 0.180. The van der Waals surface area contributed by atoms with Gasteiger partial charge in [0, 0.05) is 53.8 Å². The van der Waals surface area contributed by atoms with E-state index < -0.39 is 0 Å². The molecule has 0 radical (unpaired) electrons. The molecule has 0 aliphatic rings. The van der Waals surface area contributed by atoms with Gasteiger partial charge in [-0.05, 0) is 82.8 Å². The van der Waals surface area contributed by atoms with Gasteiger partial charge in [-0.25, -0.2) is 4.98 Å². The molecule has 7 aromatic carbocycles. The minimum atomic E-state index is -0.0705. The fourth-order valence-corrected chi connectivity index (χ4v) is 8.50. The number of hydrogen-bond acceptors (Lipinski definition) is 6. The Bertz CT molecular complexity index is 3120. The van der Waals surface area contributed by atoms with E-state index in [0.29, 0.717) is 22.7 Å². The third kappa shape index (κ3) is 5.37. The highest BCUT2D eigenvalue weighted by Crippen LogP contribution is 2.43. The maximum absolute atomic E-state index is 10.7. The molecule has 0 spiro atoms. The van der Waals surface area contributed by atoms with Crippen LogP contribution < -0.4 is 0 Å². The number of phenols is 1. The highest BCUT2D eigenvalue weighted by molar-refractivity contribution is 7.25. The Morgan fingerprint density at radius 2 is 1.37 bits per heavy atom. The number of thiophene rings is 1. The molecule has 6 heteroatoms. The van der Waals surface area contributed by atoms with Gasteiger partial charge in [0.15, 0.2) is 5.58 Å². The smallest absolute Gasteiger partial charge is 0.229 e. The number of oxazole rings is 1. The number of rotatable bonds is 5. The van der Waals surface area contributed by atoms with E-state index >= 15 is 0 Å². The third-order valence-electron chi connectivity index (χ3n) is 10.3. The number of benzene rings is 7. The van der Waals surface area contributed by atoms with Crippen LogP contribution in [0.4, 0.5) is 5.69 Å². The van der Waals surface area contributed by atoms with Crippen LogP contribution in [0.2, 0.25) is 0 Å². The molecule has 3 heterocycles. The van der Waals surface area contributed by atoms with Crippen molar-refractivity contribution in [2.45, 2.75) is 26.2 Å². The molecule has 0 saturated heterocycles. The Labute approximate surface area is 315 Å². The van der Waals surface area contributed by atoms with Gasteiger partial charge in [0.1, 0.15) is 22.4 Å². The Morgan fingerprint density at radius 3 is 2.26 bits per heavy atom. The molecule has 5 nitrogen and oxygen atoms in total. The normalized spacial score (nSPS) is 12.4. The second kappa shape index (κ2) is 12.3. The fourth-order valence-electron chi connectivity index (χ4n) is 7.41. The van der Waals surface area contributed by atoms with Gasteiger partial charge in [0.25, 0.3) is 0 Å². The summed E-state index contributed by atoms with van der Waals surface area (Å²) in [6.07, 6.45) is 1.71. The number of aliphatic imine (C=N–C) groups is 1. The molecular weight excluding hydrogens is 685 g/mol. The van der Waals surface area contributed by atoms with Crippen LogP contribution in [0.3, 0.4) is 0 Å². The average molecular weight is 719 g/mol. The number of nitrogens with zero attached hydrogens (tertiary/aromatic N) is 2. The number of aromatic nitrogens is 1. The number of phenolic OH excluding ortho intramolecular Hbond substituents is 1. The number of para-hydroxylation sites is 3. The Morgan fingerprint density at radius 1 is 0.611 bits per heavy atom. The summed E-state index contributed by atoms with van der Waals surface area (Å²) >= 11 is 1.81. The molecule has 54 heavy (non-hydrogen) atoms. The van der Waals surface area contributed by atoms with Gasteiger partial charge in [0.2, 0.25) is 5.89 Å². The van der Waals surface area contributed by atoms with Crippen molar-refractivity contribution < 1.29 is 13.9 Å². The summed E-state index contributed by atoms with van der Waals surface area (Å²) in [6.45, 7) is 6.46. The SMILES string of the molecule is CC(C)(C)c1ccc(O)c(C=Nc2ccccc2-c2nc3c(-c4cccc5c4oc4ccccc45)cc(-c4ccc5sc6ccccc6c5c4)cc3o2)c1. The monoisotopic (exact) mass is 718 g/mol. The number of aromatic hydroxyl groups is 1. The van der Waals surface area contributed by atoms with Crippen LogP contribution >= 0.6 is 11.3 Å². The highest BCUT2D eigenvalue weighted by atomic mass is 32.1. The van der Waals surface area contributed by atoms with Crippen molar-refractivity contribution in [3.8, 4) is 39.5 Å². The van der Waals surface area contributed by atoms with Crippen molar-refractivity contribution in [1.82, 2.24) is 4.98 Å². The van der Waals surface area contributed by atoms with E-state index in [0.717, 1.165) is 60.8 Å². The molecule has 0 bridgehead atoms. The van der Waals surface area contributed by atoms with Crippen molar-refractivity contribution in [3.05, 3.63) is 151 Å². The van der Waals surface area contributed by atoms with Crippen molar-refractivity contribution in [3.63, 3.8) is 0 Å². The van der Waals surface area contributed by atoms with Gasteiger partial charge in [0.05, 0.1) is 11.3 Å². The van der Waals surface area contributed by atoms with Crippen LogP contribution in [-0.2, 0) is 5.41 Å². The van der Waals surface area contributed by atoms with Crippen LogP contribution in [0.15, 0.2) is 153 Å². The predicted octanol–water partition coefficient (Wildman–Crippen LogP) is 13.8. The van der Waals surface area contributed by atoms with Crippen LogP contribution in [0.5, 0.6) is 5.75 Å². The summed E-state index contributed by atoms with van der Waals surface area (Å²) in [5.74, 6) is 0.636. The van der Waals surface area contributed by atoms with Crippen LogP contribution in [0.25, 0.3) is 86.9 Å². The molecule has 0 aliphatic carbocycles. The van der Waals surface area contributed by atoms with Gasteiger partial charge in [-0.15, -0.1) is 11.3 Å². The molecule has 0 fully saturated rings. The van der Waals surface area contributed by atoms with Gasteiger partial charge < -0.3 is 13.9 Å². The van der Waals surface area contributed by atoms with E-state index in [1.807, 2.05) is 65.9 Å². The third-order valence-corrected chi connectivity index (χ3v) is 11.4. The summed E-state index contributed by atoms with van der Waals surface area (Å²) in [7, 11) is 0. The number of furan rings is 1. The van der Waals surface area contributed by atoms with E-state index in [9.17, 15) is 5.11 Å². The van der Waals surface area contributed by atoms with Crippen LogP contribution in [0.1, 0.15) is 31.9 Å². The molecule has 0 atom stereocenters. The van der Waals surface area contributed by atoms with Gasteiger partial charge in [-0.1, -0.05) is 99.6 Å². The summed E-state index contributed by atoms with van der Waals surface area (Å²) in [6, 6.07) is 47.5. The number of fused-ring (bicyclic) bond motifs is 7. The Hall–Kier alpha value is -6.50. The first-order valence-corrected chi connectivity index (χ1v) is 18.8. The molecular formula is C48H34N2O3S. The lowest BCUT2D eigenvalue weighted by atomic mass is 9.86. The summed E-state index contributed by atoms with van der Waals surface area (Å²) < 4.78 is 15.8. The summed E-state index contributed by atoms with van der Waals surface area (Å²) in [5.41, 5.74) is 10.1. The second-order valence-electron chi connectivity index (χ2n) is 14.8. The largest absolute Gasteiger partial charge is 0.507 e. The summed E-state index contributed by atoms with van der Waals surface area (Å²) in [4.78, 5) is 10.1. The Balaban J connectivity index is 1.17. The maximum Gasteiger partial charge on any atom is 0.229 e. The molecule has 3 aromatic heterocycles. The first-order valence-electron chi connectivity index (χ1n) is 18.0. The van der Waals surface area contributed by atoms with Gasteiger partial charge in [-0.3, -0.25) is 4.99 Å². The molecule has 10 rings (SSSR count). The van der Waals surface area contributed by atoms with Crippen molar-refractivity contribution in [2.75, 3.05) is 0 Å². The standard InChI is InChI=1S/C48H34N2O3S/c1-48(2,3)31-20-21-40(51)30(23-31)27-49-39-16-7-4-13-36(39)47-50-45-38(35-15-10-14-34-32-11-5-8-17-41(32)52-46(34)35)25-29(26-42(45)53-47)28-19-22-44-37(24-28)33-12-6-9-18-43(33)54-44/h4-27,51H,1-3H3. The predicted molar refractivity (Wildman–Crippen MR) is 225 cm³/mol. The fraction of sp³-hybridized carbons (Fsp3) is 0.0833. The molecule has 0 saturated carbocycles. The second-order valence-corrected chi connectivity index (χ2v) is 15.9. The molecule has 0 unspecified atom stereocenters. The molecule has 0 aliphatic heterocycles. The molecule has 0 amide bonds. The van der Waals surface area contributed by atoms with Crippen LogP contribution in [0, 0.1) is 0 Å². The topological polar surface area (TPSA) is 71.8 Å². The minimum Gasteiger partial charge on any atom is -0.507 e. The minimum absolute atomic E-state index is 0.0705. The maximum atomic E-state index is 10.7. The number of hydrogen-bond donors (Lipinski definition) is 1. The summed E-state index contributed by atoms with van der Waals surface area (Å²) in [5, 5.41) is 15.3. The molecule has 1 N–H and O–H groups in total. The van der Waals surface area contributed by atoms with Crippen LogP contribution in [-0.4, -0.2) is 16.3 Å². The van der Waals surface area contributed by atoms with Gasteiger partial charge in [-0.2, -0.15) is 0 Å². The Kier molecular flexibility index (Phi) is 7.32. The van der Waals surface area contributed by atoms with E-state index in [-0.39, 0.29) is 11.2 Å². The van der Waals surface area contributed by atoms with Crippen molar-refractivity contribution in [1.29, 1.82) is 0 Å². The first-order chi connectivity index (χ1) is 26.3. The van der Waals surface area contributed by atoms with E-state index in [1.165, 1.54) is 20.2 Å². The first kappa shape index (κ1) is 32.2. The molecule has 10 aromatic rings. The van der Waals surface area contributed by atoms with Gasteiger partial charge >= 0.3 is 0 Å². The van der Waals surface area contributed by atoms with E-state index in [2.05, 4.69) is 99.6 Å². The lowest BCUT2D eigenvalue weighted by Crippen LogP contribution is -2.11. The van der Waals surface area contributed by atoms with E-state index in [4.69, 9.17) is 18.8 Å².